The van der Waals surface area contributed by atoms with Crippen molar-refractivity contribution in [1.29, 1.82) is 0 Å². The summed E-state index contributed by atoms with van der Waals surface area (Å²) in [4.78, 5) is 26.8. The van der Waals surface area contributed by atoms with Crippen molar-refractivity contribution in [2.24, 2.45) is 0 Å². The topological polar surface area (TPSA) is 71.1 Å². The Morgan fingerprint density at radius 3 is 2.95 bits per heavy atom. The summed E-state index contributed by atoms with van der Waals surface area (Å²) in [6.45, 7) is 0. The Morgan fingerprint density at radius 1 is 1.38 bits per heavy atom. The number of aromatic nitrogens is 1. The minimum atomic E-state index is -0.738. The number of pyridine rings is 1. The molecule has 0 saturated heterocycles. The molecule has 0 spiro atoms. The molecule has 1 aromatic heterocycles. The van der Waals surface area contributed by atoms with E-state index >= 15 is 0 Å². The van der Waals surface area contributed by atoms with Crippen molar-refractivity contribution in [3.8, 4) is 0 Å². The lowest BCUT2D eigenvalue weighted by molar-refractivity contribution is -0.115. The molecule has 0 saturated carbocycles. The molecule has 2 aromatic rings. The molecule has 1 aliphatic rings. The first-order valence-electron chi connectivity index (χ1n) is 6.09. The fourth-order valence-corrected chi connectivity index (χ4v) is 2.28. The predicted octanol–water partition coefficient (Wildman–Crippen LogP) is 2.62. The van der Waals surface area contributed by atoms with E-state index in [9.17, 15) is 14.0 Å². The van der Waals surface area contributed by atoms with Crippen LogP contribution in [0.4, 0.5) is 15.8 Å². The predicted molar refractivity (Wildman–Crippen MR) is 75.9 cm³/mol. The molecule has 21 heavy (non-hydrogen) atoms. The Labute approximate surface area is 124 Å². The average Bonchev–Trinajstić information content (AvgIpc) is 2.78. The third-order valence-corrected chi connectivity index (χ3v) is 3.33. The van der Waals surface area contributed by atoms with Gasteiger partial charge in [-0.2, -0.15) is 4.39 Å². The molecule has 7 heteroatoms. The molecule has 0 aliphatic carbocycles. The normalized spacial score (nSPS) is 12.8. The van der Waals surface area contributed by atoms with E-state index in [1.807, 2.05) is 0 Å². The van der Waals surface area contributed by atoms with E-state index in [-0.39, 0.29) is 23.0 Å². The van der Waals surface area contributed by atoms with Crippen LogP contribution in [-0.2, 0) is 11.2 Å². The summed E-state index contributed by atoms with van der Waals surface area (Å²) in [6.07, 6.45) is 0.230. The van der Waals surface area contributed by atoms with E-state index in [2.05, 4.69) is 15.6 Å². The molecule has 0 atom stereocenters. The summed E-state index contributed by atoms with van der Waals surface area (Å²) in [5.74, 6) is -1.44. The van der Waals surface area contributed by atoms with E-state index in [1.165, 1.54) is 12.1 Å². The van der Waals surface area contributed by atoms with Gasteiger partial charge < -0.3 is 10.6 Å². The molecule has 0 bridgehead atoms. The largest absolute Gasteiger partial charge is 0.325 e. The van der Waals surface area contributed by atoms with Crippen molar-refractivity contribution in [1.82, 2.24) is 4.98 Å². The maximum Gasteiger partial charge on any atom is 0.274 e. The number of carbonyl (C=O) groups is 2. The Bertz CT molecular complexity index is 764. The van der Waals surface area contributed by atoms with Crippen molar-refractivity contribution in [2.45, 2.75) is 6.42 Å². The van der Waals surface area contributed by atoms with Gasteiger partial charge in [-0.1, -0.05) is 17.7 Å². The Balaban J connectivity index is 1.87. The van der Waals surface area contributed by atoms with Crippen LogP contribution >= 0.6 is 11.6 Å². The molecule has 2 N–H and O–H groups in total. The first-order chi connectivity index (χ1) is 10.0. The van der Waals surface area contributed by atoms with Gasteiger partial charge in [0.25, 0.3) is 5.91 Å². The van der Waals surface area contributed by atoms with Crippen LogP contribution in [-0.4, -0.2) is 16.8 Å². The summed E-state index contributed by atoms with van der Waals surface area (Å²) >= 11 is 6.06. The van der Waals surface area contributed by atoms with Gasteiger partial charge in [0.1, 0.15) is 5.69 Å². The molecule has 5 nitrogen and oxygen atoms in total. The van der Waals surface area contributed by atoms with Crippen molar-refractivity contribution in [3.05, 3.63) is 52.6 Å². The monoisotopic (exact) mass is 305 g/mol. The number of nitrogens with one attached hydrogen (secondary N) is 2. The maximum absolute atomic E-state index is 13.0. The minimum Gasteiger partial charge on any atom is -0.325 e. The number of anilines is 2. The zero-order chi connectivity index (χ0) is 15.0. The molecule has 1 aliphatic heterocycles. The number of rotatable bonds is 2. The number of halogens is 2. The van der Waals surface area contributed by atoms with Crippen molar-refractivity contribution >= 4 is 34.8 Å². The third-order valence-electron chi connectivity index (χ3n) is 3.01. The molecule has 2 amide bonds. The summed E-state index contributed by atoms with van der Waals surface area (Å²) in [7, 11) is 0. The summed E-state index contributed by atoms with van der Waals surface area (Å²) in [5, 5.41) is 5.50. The molecule has 0 fully saturated rings. The van der Waals surface area contributed by atoms with Crippen LogP contribution in [0.15, 0.2) is 30.3 Å². The smallest absolute Gasteiger partial charge is 0.274 e. The molecular weight excluding hydrogens is 297 g/mol. The summed E-state index contributed by atoms with van der Waals surface area (Å²) in [6, 6.07) is 7.12. The number of benzene rings is 1. The quantitative estimate of drug-likeness (QED) is 0.838. The highest BCUT2D eigenvalue weighted by Crippen LogP contribution is 2.32. The second-order valence-electron chi connectivity index (χ2n) is 4.51. The number of carbonyl (C=O) groups excluding carboxylic acids is 2. The van der Waals surface area contributed by atoms with Gasteiger partial charge in [-0.3, -0.25) is 9.59 Å². The van der Waals surface area contributed by atoms with Crippen LogP contribution in [0.2, 0.25) is 5.02 Å². The van der Waals surface area contributed by atoms with Crippen molar-refractivity contribution in [2.75, 3.05) is 10.6 Å². The maximum atomic E-state index is 13.0. The standard InChI is InChI=1S/C14H9ClFN3O2/c15-8-6-10-7(5-13(20)18-10)4-11(8)19-14(21)9-2-1-3-12(16)17-9/h1-4,6H,5H2,(H,18,20)(H,19,21). The molecule has 2 heterocycles. The van der Waals surface area contributed by atoms with Gasteiger partial charge in [-0.05, 0) is 29.8 Å². The molecule has 106 valence electrons. The molecule has 0 radical (unpaired) electrons. The lowest BCUT2D eigenvalue weighted by Crippen LogP contribution is -2.14. The van der Waals surface area contributed by atoms with E-state index in [0.717, 1.165) is 11.6 Å². The first-order valence-corrected chi connectivity index (χ1v) is 6.47. The lowest BCUT2D eigenvalue weighted by Gasteiger charge is -2.09. The summed E-state index contributed by atoms with van der Waals surface area (Å²) < 4.78 is 13.0. The van der Waals surface area contributed by atoms with Crippen molar-refractivity contribution < 1.29 is 14.0 Å². The van der Waals surface area contributed by atoms with Crippen LogP contribution in [0.5, 0.6) is 0 Å². The van der Waals surface area contributed by atoms with E-state index in [0.29, 0.717) is 11.4 Å². The highest BCUT2D eigenvalue weighted by atomic mass is 35.5. The molecule has 1 aromatic carbocycles. The molecule has 3 rings (SSSR count). The molecular formula is C14H9ClFN3O2. The Kier molecular flexibility index (Phi) is 3.31. The van der Waals surface area contributed by atoms with E-state index in [4.69, 9.17) is 11.6 Å². The fourth-order valence-electron chi connectivity index (χ4n) is 2.06. The Hall–Kier alpha value is -2.47. The number of nitrogens with zero attached hydrogens (tertiary/aromatic N) is 1. The molecule has 0 unspecified atom stereocenters. The highest BCUT2D eigenvalue weighted by Gasteiger charge is 2.20. The lowest BCUT2D eigenvalue weighted by atomic mass is 10.1. The third kappa shape index (κ3) is 2.71. The highest BCUT2D eigenvalue weighted by molar-refractivity contribution is 6.34. The first kappa shape index (κ1) is 13.5. The van der Waals surface area contributed by atoms with Gasteiger partial charge in [0.05, 0.1) is 17.1 Å². The second kappa shape index (κ2) is 5.14. The van der Waals surface area contributed by atoms with E-state index in [1.54, 1.807) is 12.1 Å². The number of amides is 2. The van der Waals surface area contributed by atoms with Crippen LogP contribution < -0.4 is 10.6 Å². The fraction of sp³-hybridized carbons (Fsp3) is 0.0714. The van der Waals surface area contributed by atoms with Crippen molar-refractivity contribution in [3.63, 3.8) is 0 Å². The van der Waals surface area contributed by atoms with Gasteiger partial charge in [0, 0.05) is 5.69 Å². The van der Waals surface area contributed by atoms with Gasteiger partial charge >= 0.3 is 0 Å². The number of fused-ring (bicyclic) bond motifs is 1. The van der Waals surface area contributed by atoms with Gasteiger partial charge in [0.2, 0.25) is 11.9 Å². The average molecular weight is 306 g/mol. The van der Waals surface area contributed by atoms with Gasteiger partial charge in [-0.25, -0.2) is 4.98 Å². The van der Waals surface area contributed by atoms with Gasteiger partial charge in [0.15, 0.2) is 0 Å². The number of hydrogen-bond donors (Lipinski definition) is 2. The van der Waals surface area contributed by atoms with Crippen LogP contribution in [0.3, 0.4) is 0 Å². The minimum absolute atomic E-state index is 0.0548. The zero-order valence-electron chi connectivity index (χ0n) is 10.6. The van der Waals surface area contributed by atoms with Crippen LogP contribution in [0.1, 0.15) is 16.1 Å². The summed E-state index contributed by atoms with van der Waals surface area (Å²) in [5.41, 5.74) is 1.67. The van der Waals surface area contributed by atoms with Crippen LogP contribution in [0.25, 0.3) is 0 Å². The second-order valence-corrected chi connectivity index (χ2v) is 4.92. The van der Waals surface area contributed by atoms with E-state index < -0.39 is 11.9 Å². The zero-order valence-corrected chi connectivity index (χ0v) is 11.4. The van der Waals surface area contributed by atoms with Crippen LogP contribution in [0, 0.1) is 5.95 Å². The number of hydrogen-bond acceptors (Lipinski definition) is 3. The van der Waals surface area contributed by atoms with Gasteiger partial charge in [-0.15, -0.1) is 0 Å². The Morgan fingerprint density at radius 2 is 2.19 bits per heavy atom. The SMILES string of the molecule is O=C1Cc2cc(NC(=O)c3cccc(F)n3)c(Cl)cc2N1.